The third kappa shape index (κ3) is 2.31. The first-order valence-electron chi connectivity index (χ1n) is 7.53. The molecule has 1 aliphatic rings. The maximum Gasteiger partial charge on any atom is 0.196 e. The highest BCUT2D eigenvalue weighted by molar-refractivity contribution is 7.23. The second-order valence-electron chi connectivity index (χ2n) is 7.36. The van der Waals surface area contributed by atoms with Crippen molar-refractivity contribution in [2.45, 2.75) is 52.9 Å². The molecule has 1 unspecified atom stereocenters. The lowest BCUT2D eigenvalue weighted by Gasteiger charge is -2.15. The lowest BCUT2D eigenvalue weighted by Crippen LogP contribution is -2.08. The van der Waals surface area contributed by atoms with Gasteiger partial charge in [0.15, 0.2) is 5.78 Å². The number of hydrogen-bond acceptors (Lipinski definition) is 3. The van der Waals surface area contributed by atoms with Crippen LogP contribution < -0.4 is 0 Å². The van der Waals surface area contributed by atoms with E-state index in [9.17, 15) is 4.79 Å². The van der Waals surface area contributed by atoms with E-state index in [1.54, 1.807) is 11.3 Å². The maximum atomic E-state index is 12.6. The molecule has 0 N–H and O–H groups in total. The topological polar surface area (TPSA) is 17.1 Å². The van der Waals surface area contributed by atoms with Crippen LogP contribution in [0.5, 0.6) is 0 Å². The number of fused-ring (bicyclic) bond motifs is 3. The van der Waals surface area contributed by atoms with Gasteiger partial charge in [0.1, 0.15) is 0 Å². The molecular weight excluding hydrogens is 296 g/mol. The second-order valence-corrected chi connectivity index (χ2v) is 9.49. The van der Waals surface area contributed by atoms with Crippen molar-refractivity contribution in [1.82, 2.24) is 0 Å². The molecule has 0 bridgehead atoms. The Morgan fingerprint density at radius 2 is 1.52 bits per heavy atom. The number of carbonyl (C=O) groups excluding carboxylic acids is 1. The fourth-order valence-corrected chi connectivity index (χ4v) is 5.30. The third-order valence-electron chi connectivity index (χ3n) is 4.37. The zero-order valence-corrected chi connectivity index (χ0v) is 15.2. The lowest BCUT2D eigenvalue weighted by molar-refractivity contribution is 0.104. The summed E-state index contributed by atoms with van der Waals surface area (Å²) >= 11 is 3.62. The average Bonchev–Trinajstić information content (AvgIpc) is 3.03. The van der Waals surface area contributed by atoms with Crippen LogP contribution in [0.4, 0.5) is 0 Å². The summed E-state index contributed by atoms with van der Waals surface area (Å²) < 4.78 is 0. The molecule has 0 radical (unpaired) electrons. The fourth-order valence-electron chi connectivity index (χ4n) is 2.54. The highest BCUT2D eigenvalue weighted by Crippen LogP contribution is 2.50. The molecule has 2 heterocycles. The lowest BCUT2D eigenvalue weighted by atomic mass is 9.93. The Kier molecular flexibility index (Phi) is 3.42. The zero-order chi connectivity index (χ0) is 15.5. The number of hydrogen-bond donors (Lipinski definition) is 0. The van der Waals surface area contributed by atoms with Crippen molar-refractivity contribution in [1.29, 1.82) is 0 Å². The molecule has 1 atom stereocenters. The van der Waals surface area contributed by atoms with E-state index in [0.29, 0.717) is 11.8 Å². The van der Waals surface area contributed by atoms with Crippen LogP contribution in [0.1, 0.15) is 73.1 Å². The quantitative estimate of drug-likeness (QED) is 0.560. The molecule has 112 valence electrons. The average molecular weight is 319 g/mol. The third-order valence-corrected chi connectivity index (χ3v) is 7.43. The minimum atomic E-state index is 0.112. The first-order chi connectivity index (χ1) is 9.70. The Hall–Kier alpha value is -0.930. The minimum Gasteiger partial charge on any atom is -0.288 e. The van der Waals surface area contributed by atoms with Crippen LogP contribution in [0.15, 0.2) is 12.1 Å². The number of rotatable bonds is 2. The van der Waals surface area contributed by atoms with Crippen LogP contribution in [0, 0.1) is 5.92 Å². The van der Waals surface area contributed by atoms with Crippen LogP contribution in [-0.2, 0) is 5.41 Å². The largest absolute Gasteiger partial charge is 0.288 e. The predicted molar refractivity (Wildman–Crippen MR) is 93.0 cm³/mol. The molecule has 2 aromatic heterocycles. The van der Waals surface area contributed by atoms with E-state index in [4.69, 9.17) is 0 Å². The van der Waals surface area contributed by atoms with Gasteiger partial charge in [0.2, 0.25) is 0 Å². The van der Waals surface area contributed by atoms with Crippen molar-refractivity contribution in [3.05, 3.63) is 33.0 Å². The predicted octanol–water partition coefficient (Wildman–Crippen LogP) is 6.08. The molecule has 21 heavy (non-hydrogen) atoms. The van der Waals surface area contributed by atoms with Crippen molar-refractivity contribution < 1.29 is 4.79 Å². The SMILES string of the molecule is CC(C)C(C)c1cc2c(s1)-c1sc(C(C)(C)C)cc1C2=O. The minimum absolute atomic E-state index is 0.112. The van der Waals surface area contributed by atoms with Gasteiger partial charge in [-0.15, -0.1) is 22.7 Å². The van der Waals surface area contributed by atoms with Crippen molar-refractivity contribution in [3.8, 4) is 9.75 Å². The smallest absolute Gasteiger partial charge is 0.196 e. The van der Waals surface area contributed by atoms with Gasteiger partial charge in [0.25, 0.3) is 0 Å². The molecule has 1 nitrogen and oxygen atoms in total. The summed E-state index contributed by atoms with van der Waals surface area (Å²) in [6.07, 6.45) is 0. The number of thiophene rings is 2. The summed E-state index contributed by atoms with van der Waals surface area (Å²) in [4.78, 5) is 17.7. The van der Waals surface area contributed by atoms with Crippen LogP contribution in [0.2, 0.25) is 0 Å². The van der Waals surface area contributed by atoms with Crippen molar-refractivity contribution in [3.63, 3.8) is 0 Å². The molecule has 0 saturated heterocycles. The van der Waals surface area contributed by atoms with Gasteiger partial charge in [-0.3, -0.25) is 4.79 Å². The molecule has 0 spiro atoms. The van der Waals surface area contributed by atoms with Gasteiger partial charge in [-0.05, 0) is 29.4 Å². The van der Waals surface area contributed by atoms with E-state index < -0.39 is 0 Å². The van der Waals surface area contributed by atoms with E-state index in [0.717, 1.165) is 11.1 Å². The number of carbonyl (C=O) groups is 1. The van der Waals surface area contributed by atoms with Crippen LogP contribution in [0.25, 0.3) is 9.75 Å². The Labute approximate surface area is 135 Å². The van der Waals surface area contributed by atoms with Crippen molar-refractivity contribution in [2.24, 2.45) is 5.92 Å². The monoisotopic (exact) mass is 318 g/mol. The van der Waals surface area contributed by atoms with Crippen molar-refractivity contribution in [2.75, 3.05) is 0 Å². The Balaban J connectivity index is 2.09. The normalized spacial score (nSPS) is 15.5. The Bertz CT molecular complexity index is 710. The van der Waals surface area contributed by atoms with Crippen LogP contribution in [-0.4, -0.2) is 5.78 Å². The van der Waals surface area contributed by atoms with Gasteiger partial charge >= 0.3 is 0 Å². The van der Waals surface area contributed by atoms with E-state index in [2.05, 4.69) is 53.7 Å². The molecule has 2 aromatic rings. The highest BCUT2D eigenvalue weighted by atomic mass is 32.1. The summed E-state index contributed by atoms with van der Waals surface area (Å²) in [5, 5.41) is 0. The van der Waals surface area contributed by atoms with Gasteiger partial charge in [-0.1, -0.05) is 41.5 Å². The first-order valence-corrected chi connectivity index (χ1v) is 9.16. The molecule has 0 amide bonds. The zero-order valence-electron chi connectivity index (χ0n) is 13.5. The molecule has 0 aromatic carbocycles. The number of ketones is 1. The highest BCUT2D eigenvalue weighted by Gasteiger charge is 2.34. The van der Waals surface area contributed by atoms with Crippen LogP contribution in [0.3, 0.4) is 0 Å². The van der Waals surface area contributed by atoms with Gasteiger partial charge in [-0.2, -0.15) is 0 Å². The molecule has 0 saturated carbocycles. The molecule has 1 aliphatic carbocycles. The molecule has 0 fully saturated rings. The van der Waals surface area contributed by atoms with Crippen molar-refractivity contribution >= 4 is 28.5 Å². The summed E-state index contributed by atoms with van der Waals surface area (Å²) in [5.41, 5.74) is 1.97. The molecule has 3 rings (SSSR count). The van der Waals surface area contributed by atoms with E-state index in [1.807, 2.05) is 11.3 Å². The Morgan fingerprint density at radius 3 is 2.10 bits per heavy atom. The van der Waals surface area contributed by atoms with Gasteiger partial charge in [0.05, 0.1) is 9.75 Å². The van der Waals surface area contributed by atoms with Gasteiger partial charge in [-0.25, -0.2) is 0 Å². The Morgan fingerprint density at radius 1 is 0.952 bits per heavy atom. The van der Waals surface area contributed by atoms with E-state index in [1.165, 1.54) is 19.5 Å². The summed E-state index contributed by atoms with van der Waals surface area (Å²) in [6.45, 7) is 13.4. The summed E-state index contributed by atoms with van der Waals surface area (Å²) in [7, 11) is 0. The van der Waals surface area contributed by atoms with E-state index >= 15 is 0 Å². The molecule has 0 aliphatic heterocycles. The first kappa shape index (κ1) is 15.0. The van der Waals surface area contributed by atoms with Gasteiger partial charge < -0.3 is 0 Å². The standard InChI is InChI=1S/C18H22OS2/c1-9(2)10(3)13-7-11-15(19)12-8-14(18(4,5)6)21-17(12)16(11)20-13/h7-10H,1-6H3. The maximum absolute atomic E-state index is 12.6. The van der Waals surface area contributed by atoms with Gasteiger partial charge in [0, 0.05) is 20.9 Å². The molecule has 3 heteroatoms. The summed E-state index contributed by atoms with van der Waals surface area (Å²) in [6, 6.07) is 4.25. The molecular formula is C18H22OS2. The van der Waals surface area contributed by atoms with Crippen LogP contribution >= 0.6 is 22.7 Å². The second kappa shape index (κ2) is 4.79. The summed E-state index contributed by atoms with van der Waals surface area (Å²) in [5.74, 6) is 1.34. The van der Waals surface area contributed by atoms with E-state index in [-0.39, 0.29) is 11.2 Å². The fraction of sp³-hybridized carbons (Fsp3) is 0.500.